The molecule has 0 radical (unpaired) electrons. The van der Waals surface area contributed by atoms with Gasteiger partial charge in [0, 0.05) is 30.3 Å². The number of aryl methyl sites for hydroxylation is 1. The van der Waals surface area contributed by atoms with E-state index in [-0.39, 0.29) is 11.5 Å². The Morgan fingerprint density at radius 1 is 1.06 bits per heavy atom. The van der Waals surface area contributed by atoms with Crippen molar-refractivity contribution in [2.24, 2.45) is 7.05 Å². The number of imide groups is 1. The summed E-state index contributed by atoms with van der Waals surface area (Å²) in [7, 11) is 1.67. The van der Waals surface area contributed by atoms with Crippen molar-refractivity contribution >= 4 is 40.0 Å². The SMILES string of the molecule is CC(C)=CC(=O)Nc1scc(-c2ccccc2)c1C(=O)OCC(=O)NC(=O)c1cccn1C. The number of benzene rings is 1. The number of hydrogen-bond donors (Lipinski definition) is 2. The molecule has 0 aliphatic heterocycles. The number of anilines is 1. The van der Waals surface area contributed by atoms with Crippen LogP contribution in [0.3, 0.4) is 0 Å². The standard InChI is InChI=1S/C24H23N3O5S/c1-15(2)12-19(28)26-23-21(17(14-33-23)16-8-5-4-6-9-16)24(31)32-13-20(29)25-22(30)18-10-7-11-27(18)3/h4-12,14H,13H2,1-3H3,(H,26,28)(H,25,29,30). The minimum Gasteiger partial charge on any atom is -0.452 e. The van der Waals surface area contributed by atoms with Crippen LogP contribution in [-0.4, -0.2) is 34.9 Å². The van der Waals surface area contributed by atoms with Crippen LogP contribution >= 0.6 is 11.3 Å². The van der Waals surface area contributed by atoms with E-state index in [2.05, 4.69) is 10.6 Å². The molecule has 3 aromatic rings. The van der Waals surface area contributed by atoms with E-state index < -0.39 is 24.4 Å². The van der Waals surface area contributed by atoms with Gasteiger partial charge in [0.25, 0.3) is 11.8 Å². The lowest BCUT2D eigenvalue weighted by molar-refractivity contribution is -0.123. The maximum absolute atomic E-state index is 12.9. The van der Waals surface area contributed by atoms with E-state index in [4.69, 9.17) is 4.74 Å². The third-order valence-electron chi connectivity index (χ3n) is 4.50. The first-order chi connectivity index (χ1) is 15.8. The van der Waals surface area contributed by atoms with Crippen LogP contribution in [0.2, 0.25) is 0 Å². The van der Waals surface area contributed by atoms with Crippen LogP contribution in [-0.2, 0) is 21.4 Å². The number of amides is 3. The number of allylic oxidation sites excluding steroid dienone is 1. The van der Waals surface area contributed by atoms with E-state index in [9.17, 15) is 19.2 Å². The fraction of sp³-hybridized carbons (Fsp3) is 0.167. The predicted octanol–water partition coefficient (Wildman–Crippen LogP) is 3.77. The van der Waals surface area contributed by atoms with E-state index in [0.717, 1.165) is 11.1 Å². The highest BCUT2D eigenvalue weighted by Crippen LogP contribution is 2.36. The largest absolute Gasteiger partial charge is 0.452 e. The zero-order chi connectivity index (χ0) is 24.0. The number of thiophene rings is 1. The number of hydrogen-bond acceptors (Lipinski definition) is 6. The van der Waals surface area contributed by atoms with Crippen molar-refractivity contribution in [2.45, 2.75) is 13.8 Å². The number of carbonyl (C=O) groups is 4. The van der Waals surface area contributed by atoms with Crippen molar-refractivity contribution < 1.29 is 23.9 Å². The number of aromatic nitrogens is 1. The average Bonchev–Trinajstić information content (AvgIpc) is 3.38. The highest BCUT2D eigenvalue weighted by Gasteiger charge is 2.24. The molecular weight excluding hydrogens is 442 g/mol. The molecule has 9 heteroatoms. The molecule has 3 rings (SSSR count). The molecule has 3 amide bonds. The van der Waals surface area contributed by atoms with Gasteiger partial charge in [-0.1, -0.05) is 35.9 Å². The number of ether oxygens (including phenoxy) is 1. The summed E-state index contributed by atoms with van der Waals surface area (Å²) in [5.74, 6) is -2.53. The first-order valence-corrected chi connectivity index (χ1v) is 10.9. The van der Waals surface area contributed by atoms with Crippen LogP contribution in [0.25, 0.3) is 11.1 Å². The van der Waals surface area contributed by atoms with Crippen LogP contribution in [0.4, 0.5) is 5.00 Å². The average molecular weight is 466 g/mol. The lowest BCUT2D eigenvalue weighted by Crippen LogP contribution is -2.35. The molecule has 2 N–H and O–H groups in total. The summed E-state index contributed by atoms with van der Waals surface area (Å²) < 4.78 is 6.76. The molecule has 2 aromatic heterocycles. The third kappa shape index (κ3) is 6.05. The smallest absolute Gasteiger partial charge is 0.342 e. The van der Waals surface area contributed by atoms with Gasteiger partial charge in [0.05, 0.1) is 0 Å². The third-order valence-corrected chi connectivity index (χ3v) is 5.40. The quantitative estimate of drug-likeness (QED) is 0.408. The second kappa shape index (κ2) is 10.6. The Morgan fingerprint density at radius 2 is 1.79 bits per heavy atom. The summed E-state index contributed by atoms with van der Waals surface area (Å²) in [6.45, 7) is 2.92. The molecular formula is C24H23N3O5S. The molecule has 0 saturated carbocycles. The van der Waals surface area contributed by atoms with Crippen LogP contribution in [0.5, 0.6) is 0 Å². The topological polar surface area (TPSA) is 106 Å². The van der Waals surface area contributed by atoms with Crippen LogP contribution in [0, 0.1) is 0 Å². The van der Waals surface area contributed by atoms with Gasteiger partial charge < -0.3 is 14.6 Å². The van der Waals surface area contributed by atoms with Gasteiger partial charge in [-0.05, 0) is 31.5 Å². The number of esters is 1. The maximum Gasteiger partial charge on any atom is 0.342 e. The summed E-state index contributed by atoms with van der Waals surface area (Å²) in [6, 6.07) is 12.4. The summed E-state index contributed by atoms with van der Waals surface area (Å²) in [6.07, 6.45) is 3.09. The lowest BCUT2D eigenvalue weighted by atomic mass is 10.0. The van der Waals surface area contributed by atoms with Crippen molar-refractivity contribution in [1.29, 1.82) is 0 Å². The van der Waals surface area contributed by atoms with Gasteiger partial charge in [-0.2, -0.15) is 0 Å². The van der Waals surface area contributed by atoms with Gasteiger partial charge in [-0.3, -0.25) is 19.7 Å². The molecule has 0 aliphatic carbocycles. The van der Waals surface area contributed by atoms with Crippen LogP contribution in [0.1, 0.15) is 34.7 Å². The molecule has 8 nitrogen and oxygen atoms in total. The molecule has 0 unspecified atom stereocenters. The molecule has 0 spiro atoms. The Kier molecular flexibility index (Phi) is 7.57. The first kappa shape index (κ1) is 23.7. The summed E-state index contributed by atoms with van der Waals surface area (Å²) in [4.78, 5) is 49.5. The van der Waals surface area contributed by atoms with Crippen molar-refractivity contribution in [1.82, 2.24) is 9.88 Å². The zero-order valence-corrected chi connectivity index (χ0v) is 19.2. The molecule has 170 valence electrons. The van der Waals surface area contributed by atoms with E-state index >= 15 is 0 Å². The van der Waals surface area contributed by atoms with Gasteiger partial charge >= 0.3 is 5.97 Å². The summed E-state index contributed by atoms with van der Waals surface area (Å²) >= 11 is 1.18. The van der Waals surface area contributed by atoms with Crippen molar-refractivity contribution in [3.63, 3.8) is 0 Å². The highest BCUT2D eigenvalue weighted by atomic mass is 32.1. The van der Waals surface area contributed by atoms with Gasteiger partial charge in [-0.15, -0.1) is 11.3 Å². The fourth-order valence-corrected chi connectivity index (χ4v) is 3.98. The molecule has 0 fully saturated rings. The predicted molar refractivity (Wildman–Crippen MR) is 126 cm³/mol. The molecule has 2 heterocycles. The summed E-state index contributed by atoms with van der Waals surface area (Å²) in [5.41, 5.74) is 2.56. The number of nitrogens with zero attached hydrogens (tertiary/aromatic N) is 1. The number of carbonyl (C=O) groups excluding carboxylic acids is 4. The Labute approximate surface area is 194 Å². The van der Waals surface area contributed by atoms with E-state index in [1.165, 1.54) is 17.4 Å². The lowest BCUT2D eigenvalue weighted by Gasteiger charge is -2.10. The monoisotopic (exact) mass is 465 g/mol. The highest BCUT2D eigenvalue weighted by molar-refractivity contribution is 7.15. The van der Waals surface area contributed by atoms with E-state index in [0.29, 0.717) is 16.3 Å². The van der Waals surface area contributed by atoms with Crippen LogP contribution in [0.15, 0.2) is 65.7 Å². The Morgan fingerprint density at radius 3 is 2.42 bits per heavy atom. The Balaban J connectivity index is 1.77. The Hall–Kier alpha value is -3.98. The fourth-order valence-electron chi connectivity index (χ4n) is 3.02. The van der Waals surface area contributed by atoms with Gasteiger partial charge in [0.1, 0.15) is 16.3 Å². The number of nitrogens with one attached hydrogen (secondary N) is 2. The second-order valence-corrected chi connectivity index (χ2v) is 8.27. The second-order valence-electron chi connectivity index (χ2n) is 7.39. The van der Waals surface area contributed by atoms with Gasteiger partial charge in [-0.25, -0.2) is 4.79 Å². The van der Waals surface area contributed by atoms with Crippen molar-refractivity contribution in [3.8, 4) is 11.1 Å². The Bertz CT molecular complexity index is 1220. The molecule has 0 bridgehead atoms. The minimum atomic E-state index is -0.788. The zero-order valence-electron chi connectivity index (χ0n) is 18.4. The number of rotatable bonds is 7. The molecule has 0 atom stereocenters. The normalized spacial score (nSPS) is 10.3. The van der Waals surface area contributed by atoms with Crippen molar-refractivity contribution in [3.05, 3.63) is 76.9 Å². The molecule has 0 aliphatic rings. The first-order valence-electron chi connectivity index (χ1n) is 10.0. The van der Waals surface area contributed by atoms with E-state index in [1.807, 2.05) is 30.3 Å². The van der Waals surface area contributed by atoms with E-state index in [1.54, 1.807) is 49.2 Å². The molecule has 0 saturated heterocycles. The van der Waals surface area contributed by atoms with Crippen LogP contribution < -0.4 is 10.6 Å². The summed E-state index contributed by atoms with van der Waals surface area (Å²) in [5, 5.41) is 6.94. The molecule has 33 heavy (non-hydrogen) atoms. The van der Waals surface area contributed by atoms with Gasteiger partial charge in [0.2, 0.25) is 5.91 Å². The minimum absolute atomic E-state index is 0.142. The van der Waals surface area contributed by atoms with Crippen molar-refractivity contribution in [2.75, 3.05) is 11.9 Å². The molecule has 1 aromatic carbocycles. The maximum atomic E-state index is 12.9. The van der Waals surface area contributed by atoms with Gasteiger partial charge in [0.15, 0.2) is 6.61 Å².